The number of likely N-dealkylation sites (tertiary alicyclic amines) is 1. The Labute approximate surface area is 192 Å². The van der Waals surface area contributed by atoms with Crippen LogP contribution >= 0.6 is 0 Å². The van der Waals surface area contributed by atoms with Crippen molar-refractivity contribution in [1.82, 2.24) is 20.0 Å². The Balaban J connectivity index is 1.17. The third-order valence-corrected chi connectivity index (χ3v) is 6.48. The quantitative estimate of drug-likeness (QED) is 0.461. The lowest BCUT2D eigenvalue weighted by Crippen LogP contribution is -2.39. The number of aryl methyl sites for hydroxylation is 1. The fraction of sp³-hybridized carbons (Fsp3) is 0.346. The second kappa shape index (κ2) is 9.19. The van der Waals surface area contributed by atoms with E-state index in [1.54, 1.807) is 10.7 Å². The number of benzene rings is 2. The topological polar surface area (TPSA) is 80.4 Å². The van der Waals surface area contributed by atoms with Gasteiger partial charge in [0.15, 0.2) is 0 Å². The number of carbonyl (C=O) groups excluding carboxylic acids is 1. The van der Waals surface area contributed by atoms with Crippen LogP contribution in [0.2, 0.25) is 0 Å². The van der Waals surface area contributed by atoms with E-state index < -0.39 is 5.63 Å². The maximum Gasteiger partial charge on any atom is 0.347 e. The Morgan fingerprint density at radius 2 is 1.94 bits per heavy atom. The molecular weight excluding hydrogens is 416 g/mol. The zero-order chi connectivity index (χ0) is 22.8. The van der Waals surface area contributed by atoms with Crippen molar-refractivity contribution in [2.75, 3.05) is 19.6 Å². The summed E-state index contributed by atoms with van der Waals surface area (Å²) in [6.45, 7) is 5.93. The molecule has 7 nitrogen and oxygen atoms in total. The number of nitrogens with zero attached hydrogens (tertiary/aromatic N) is 3. The highest BCUT2D eigenvalue weighted by molar-refractivity contribution is 6.02. The Bertz CT molecular complexity index is 1350. The van der Waals surface area contributed by atoms with Crippen LogP contribution in [-0.4, -0.2) is 40.2 Å². The number of hydrogen-bond acceptors (Lipinski definition) is 5. The van der Waals surface area contributed by atoms with Crippen molar-refractivity contribution >= 4 is 27.8 Å². The Morgan fingerprint density at radius 1 is 1.12 bits per heavy atom. The molecule has 1 amide bonds. The maximum atomic E-state index is 12.7. The number of piperidine rings is 1. The number of carbonyl (C=O) groups is 1. The predicted molar refractivity (Wildman–Crippen MR) is 128 cm³/mol. The van der Waals surface area contributed by atoms with E-state index in [0.717, 1.165) is 37.9 Å². The van der Waals surface area contributed by atoms with Gasteiger partial charge in [0, 0.05) is 18.5 Å². The number of nitrogens with one attached hydrogen (secondary N) is 1. The molecule has 0 atom stereocenters. The summed E-state index contributed by atoms with van der Waals surface area (Å²) in [7, 11) is 0. The van der Waals surface area contributed by atoms with Gasteiger partial charge in [0.25, 0.3) is 0 Å². The van der Waals surface area contributed by atoms with E-state index in [1.165, 1.54) is 17.3 Å². The van der Waals surface area contributed by atoms with Crippen LogP contribution < -0.4 is 10.9 Å². The smallest absolute Gasteiger partial charge is 0.347 e. The van der Waals surface area contributed by atoms with Crippen LogP contribution in [0.3, 0.4) is 0 Å². The van der Waals surface area contributed by atoms with E-state index in [0.29, 0.717) is 28.9 Å². The molecule has 1 saturated heterocycles. The van der Waals surface area contributed by atoms with Crippen LogP contribution in [0.25, 0.3) is 21.9 Å². The Morgan fingerprint density at radius 3 is 2.76 bits per heavy atom. The van der Waals surface area contributed by atoms with E-state index in [-0.39, 0.29) is 12.5 Å². The van der Waals surface area contributed by atoms with Gasteiger partial charge in [0.1, 0.15) is 17.5 Å². The molecule has 3 heterocycles. The molecule has 0 saturated carbocycles. The van der Waals surface area contributed by atoms with Gasteiger partial charge in [0.05, 0.1) is 11.7 Å². The van der Waals surface area contributed by atoms with E-state index in [1.807, 2.05) is 18.2 Å². The molecule has 1 fully saturated rings. The third kappa shape index (κ3) is 4.68. The van der Waals surface area contributed by atoms with E-state index in [4.69, 9.17) is 4.42 Å². The standard InChI is InChI=1S/C26H28N4O3/c1-18-5-4-6-20(13-18)16-29-11-9-19(10-12-29)14-27-24(31)17-30-25-21-7-2-3-8-23(21)33-26(32)22(25)15-28-30/h2-8,13,15,19H,9-12,14,16-17H2,1H3,(H,27,31). The van der Waals surface area contributed by atoms with Gasteiger partial charge in [-0.2, -0.15) is 5.10 Å². The lowest BCUT2D eigenvalue weighted by atomic mass is 9.96. The summed E-state index contributed by atoms with van der Waals surface area (Å²) >= 11 is 0. The molecule has 170 valence electrons. The zero-order valence-electron chi connectivity index (χ0n) is 18.8. The number of para-hydroxylation sites is 1. The molecule has 0 spiro atoms. The number of amides is 1. The lowest BCUT2D eigenvalue weighted by Gasteiger charge is -2.32. The number of aromatic nitrogens is 2. The minimum Gasteiger partial charge on any atom is -0.422 e. The Kier molecular flexibility index (Phi) is 5.96. The van der Waals surface area contributed by atoms with Crippen molar-refractivity contribution in [2.45, 2.75) is 32.9 Å². The van der Waals surface area contributed by atoms with Crippen LogP contribution in [-0.2, 0) is 17.9 Å². The fourth-order valence-corrected chi connectivity index (χ4v) is 4.71. The van der Waals surface area contributed by atoms with Gasteiger partial charge >= 0.3 is 5.63 Å². The summed E-state index contributed by atoms with van der Waals surface area (Å²) in [5.41, 5.74) is 3.35. The first-order valence-corrected chi connectivity index (χ1v) is 11.5. The molecule has 0 radical (unpaired) electrons. The van der Waals surface area contributed by atoms with Crippen molar-refractivity contribution in [1.29, 1.82) is 0 Å². The average Bonchev–Trinajstić information content (AvgIpc) is 3.23. The zero-order valence-corrected chi connectivity index (χ0v) is 18.8. The minimum atomic E-state index is -0.437. The van der Waals surface area contributed by atoms with E-state index in [2.05, 4.69) is 46.5 Å². The maximum absolute atomic E-state index is 12.7. The largest absolute Gasteiger partial charge is 0.422 e. The van der Waals surface area contributed by atoms with Crippen LogP contribution in [0.5, 0.6) is 0 Å². The molecule has 2 aromatic carbocycles. The van der Waals surface area contributed by atoms with Crippen LogP contribution in [0.4, 0.5) is 0 Å². The molecule has 1 aliphatic heterocycles. The molecule has 5 rings (SSSR count). The molecule has 2 aromatic heterocycles. The highest BCUT2D eigenvalue weighted by atomic mass is 16.4. The molecule has 0 bridgehead atoms. The first-order chi connectivity index (χ1) is 16.1. The molecule has 7 heteroatoms. The number of rotatable bonds is 6. The van der Waals surface area contributed by atoms with Crippen molar-refractivity contribution in [3.8, 4) is 0 Å². The molecule has 0 unspecified atom stereocenters. The van der Waals surface area contributed by atoms with Gasteiger partial charge in [0.2, 0.25) is 5.91 Å². The summed E-state index contributed by atoms with van der Waals surface area (Å²) in [6.07, 6.45) is 3.62. The predicted octanol–water partition coefficient (Wildman–Crippen LogP) is 3.48. The summed E-state index contributed by atoms with van der Waals surface area (Å²) in [5.74, 6) is 0.379. The van der Waals surface area contributed by atoms with Crippen molar-refractivity contribution in [2.24, 2.45) is 5.92 Å². The second-order valence-electron chi connectivity index (χ2n) is 8.96. The summed E-state index contributed by atoms with van der Waals surface area (Å²) in [5, 5.41) is 8.52. The summed E-state index contributed by atoms with van der Waals surface area (Å²) in [6, 6.07) is 16.0. The second-order valence-corrected chi connectivity index (χ2v) is 8.96. The van der Waals surface area contributed by atoms with Crippen LogP contribution in [0.15, 0.2) is 63.9 Å². The molecule has 1 N–H and O–H groups in total. The molecule has 0 aliphatic carbocycles. The summed E-state index contributed by atoms with van der Waals surface area (Å²) in [4.78, 5) is 27.4. The van der Waals surface area contributed by atoms with Gasteiger partial charge in [-0.1, -0.05) is 42.0 Å². The molecule has 33 heavy (non-hydrogen) atoms. The molecule has 1 aliphatic rings. The van der Waals surface area contributed by atoms with Crippen molar-refractivity contribution in [3.63, 3.8) is 0 Å². The van der Waals surface area contributed by atoms with E-state index in [9.17, 15) is 9.59 Å². The monoisotopic (exact) mass is 444 g/mol. The van der Waals surface area contributed by atoms with Gasteiger partial charge < -0.3 is 9.73 Å². The van der Waals surface area contributed by atoms with Crippen LogP contribution in [0.1, 0.15) is 24.0 Å². The van der Waals surface area contributed by atoms with Crippen LogP contribution in [0, 0.1) is 12.8 Å². The van der Waals surface area contributed by atoms with Gasteiger partial charge in [-0.25, -0.2) is 4.79 Å². The highest BCUT2D eigenvalue weighted by Crippen LogP contribution is 2.22. The van der Waals surface area contributed by atoms with Gasteiger partial charge in [-0.15, -0.1) is 0 Å². The third-order valence-electron chi connectivity index (χ3n) is 6.48. The number of hydrogen-bond donors (Lipinski definition) is 1. The SMILES string of the molecule is Cc1cccc(CN2CCC(CNC(=O)Cn3ncc4c(=O)oc5ccccc5c43)CC2)c1. The molecular formula is C26H28N4O3. The molecule has 4 aromatic rings. The van der Waals surface area contributed by atoms with Crippen molar-refractivity contribution in [3.05, 3.63) is 76.3 Å². The fourth-order valence-electron chi connectivity index (χ4n) is 4.71. The highest BCUT2D eigenvalue weighted by Gasteiger charge is 2.20. The first kappa shape index (κ1) is 21.4. The summed E-state index contributed by atoms with van der Waals surface area (Å²) < 4.78 is 6.95. The van der Waals surface area contributed by atoms with Gasteiger partial charge in [-0.3, -0.25) is 14.4 Å². The number of fused-ring (bicyclic) bond motifs is 3. The first-order valence-electron chi connectivity index (χ1n) is 11.5. The Hall–Kier alpha value is -3.45. The lowest BCUT2D eigenvalue weighted by molar-refractivity contribution is -0.122. The van der Waals surface area contributed by atoms with E-state index >= 15 is 0 Å². The van der Waals surface area contributed by atoms with Crippen molar-refractivity contribution < 1.29 is 9.21 Å². The minimum absolute atomic E-state index is 0.0726. The van der Waals surface area contributed by atoms with Gasteiger partial charge in [-0.05, 0) is 56.5 Å². The average molecular weight is 445 g/mol. The normalized spacial score (nSPS) is 15.3.